The quantitative estimate of drug-likeness (QED) is 0.943. The van der Waals surface area contributed by atoms with Crippen LogP contribution < -0.4 is 0 Å². The molecule has 20 heavy (non-hydrogen) atoms. The van der Waals surface area contributed by atoms with Crippen LogP contribution in [0.2, 0.25) is 5.02 Å². The topological polar surface area (TPSA) is 51.5 Å². The minimum Gasteiger partial charge on any atom is -0.478 e. The number of aromatic carboxylic acids is 1. The zero-order valence-electron chi connectivity index (χ0n) is 11.0. The van der Waals surface area contributed by atoms with Gasteiger partial charge in [0.2, 0.25) is 0 Å². The van der Waals surface area contributed by atoms with Crippen molar-refractivity contribution in [1.29, 1.82) is 0 Å². The fourth-order valence-corrected chi connectivity index (χ4v) is 2.97. The molecular weight excluding hydrogens is 278 g/mol. The molecule has 0 bridgehead atoms. The summed E-state index contributed by atoms with van der Waals surface area (Å²) in [5, 5.41) is 10.6. The van der Waals surface area contributed by atoms with Crippen LogP contribution in [0.3, 0.4) is 0 Å². The second kappa shape index (κ2) is 5.46. The lowest BCUT2D eigenvalue weighted by atomic mass is 10.0. The Balaban J connectivity index is 1.99. The zero-order valence-corrected chi connectivity index (χ0v) is 11.8. The monoisotopic (exact) mass is 293 g/mol. The van der Waals surface area contributed by atoms with Crippen molar-refractivity contribution in [3.05, 3.63) is 35.0 Å². The predicted molar refractivity (Wildman–Crippen MR) is 77.5 cm³/mol. The first-order valence-electron chi connectivity index (χ1n) is 6.74. The first-order chi connectivity index (χ1) is 9.65. The van der Waals surface area contributed by atoms with Gasteiger partial charge in [0.05, 0.1) is 5.56 Å². The van der Waals surface area contributed by atoms with Gasteiger partial charge in [-0.3, -0.25) is 0 Å². The van der Waals surface area contributed by atoms with Crippen LogP contribution in [0.4, 0.5) is 0 Å². The Morgan fingerprint density at radius 3 is 2.85 bits per heavy atom. The Morgan fingerprint density at radius 2 is 2.15 bits per heavy atom. The van der Waals surface area contributed by atoms with Crippen LogP contribution in [-0.4, -0.2) is 28.9 Å². The summed E-state index contributed by atoms with van der Waals surface area (Å²) in [5.74, 6) is -0.375. The molecule has 0 unspecified atom stereocenters. The van der Waals surface area contributed by atoms with Gasteiger partial charge in [-0.15, -0.1) is 0 Å². The van der Waals surface area contributed by atoms with Crippen molar-refractivity contribution in [3.8, 4) is 0 Å². The van der Waals surface area contributed by atoms with Crippen LogP contribution in [0.5, 0.6) is 0 Å². The molecule has 1 aromatic heterocycles. The van der Waals surface area contributed by atoms with Crippen molar-refractivity contribution in [1.82, 2.24) is 4.57 Å². The molecule has 1 aliphatic rings. The third-order valence-corrected chi connectivity index (χ3v) is 4.10. The standard InChI is InChI=1S/C15H16ClNO3/c16-11-1-2-14-12(7-11)13(15(18)19)9-17(14)8-10-3-5-20-6-4-10/h1-2,7,9-10H,3-6,8H2,(H,18,19). The molecule has 2 heterocycles. The molecule has 0 spiro atoms. The fourth-order valence-electron chi connectivity index (χ4n) is 2.80. The Labute approximate surface area is 121 Å². The van der Waals surface area contributed by atoms with E-state index in [0.29, 0.717) is 21.9 Å². The van der Waals surface area contributed by atoms with Gasteiger partial charge in [0, 0.05) is 41.9 Å². The summed E-state index contributed by atoms with van der Waals surface area (Å²) >= 11 is 5.98. The fraction of sp³-hybridized carbons (Fsp3) is 0.400. The maximum Gasteiger partial charge on any atom is 0.337 e. The molecule has 4 nitrogen and oxygen atoms in total. The van der Waals surface area contributed by atoms with Crippen LogP contribution in [0, 0.1) is 5.92 Å². The number of hydrogen-bond acceptors (Lipinski definition) is 2. The highest BCUT2D eigenvalue weighted by molar-refractivity contribution is 6.31. The van der Waals surface area contributed by atoms with Gasteiger partial charge < -0.3 is 14.4 Å². The second-order valence-electron chi connectivity index (χ2n) is 5.22. The van der Waals surface area contributed by atoms with E-state index in [1.165, 1.54) is 0 Å². The molecule has 2 aromatic rings. The number of nitrogens with zero attached hydrogens (tertiary/aromatic N) is 1. The van der Waals surface area contributed by atoms with E-state index in [2.05, 4.69) is 0 Å². The molecule has 0 aliphatic carbocycles. The normalized spacial score (nSPS) is 16.6. The number of hydrogen-bond donors (Lipinski definition) is 1. The van der Waals surface area contributed by atoms with E-state index in [1.54, 1.807) is 18.3 Å². The van der Waals surface area contributed by atoms with Gasteiger partial charge in [-0.1, -0.05) is 11.6 Å². The summed E-state index contributed by atoms with van der Waals surface area (Å²) in [7, 11) is 0. The van der Waals surface area contributed by atoms with Crippen LogP contribution in [0.15, 0.2) is 24.4 Å². The summed E-state index contributed by atoms with van der Waals surface area (Å²) in [4.78, 5) is 11.4. The molecule has 0 saturated carbocycles. The van der Waals surface area contributed by atoms with Crippen molar-refractivity contribution in [2.75, 3.05) is 13.2 Å². The highest BCUT2D eigenvalue weighted by atomic mass is 35.5. The van der Waals surface area contributed by atoms with E-state index < -0.39 is 5.97 Å². The van der Waals surface area contributed by atoms with Gasteiger partial charge in [-0.25, -0.2) is 4.79 Å². The minimum atomic E-state index is -0.914. The van der Waals surface area contributed by atoms with E-state index >= 15 is 0 Å². The Kier molecular flexibility index (Phi) is 3.68. The molecule has 1 N–H and O–H groups in total. The minimum absolute atomic E-state index is 0.314. The van der Waals surface area contributed by atoms with Crippen molar-refractivity contribution in [3.63, 3.8) is 0 Å². The molecule has 106 valence electrons. The number of ether oxygens (including phenoxy) is 1. The van der Waals surface area contributed by atoms with Crippen molar-refractivity contribution in [2.24, 2.45) is 5.92 Å². The number of carbonyl (C=O) groups is 1. The van der Waals surface area contributed by atoms with Gasteiger partial charge >= 0.3 is 5.97 Å². The summed E-state index contributed by atoms with van der Waals surface area (Å²) in [6.45, 7) is 2.41. The molecule has 1 aliphatic heterocycles. The molecule has 3 rings (SSSR count). The van der Waals surface area contributed by atoms with Crippen LogP contribution in [-0.2, 0) is 11.3 Å². The molecule has 1 saturated heterocycles. The maximum absolute atomic E-state index is 11.4. The first kappa shape index (κ1) is 13.5. The third-order valence-electron chi connectivity index (χ3n) is 3.87. The van der Waals surface area contributed by atoms with Gasteiger partial charge in [0.1, 0.15) is 0 Å². The lowest BCUT2D eigenvalue weighted by molar-refractivity contribution is 0.0614. The lowest BCUT2D eigenvalue weighted by Crippen LogP contribution is -2.20. The number of aromatic nitrogens is 1. The molecule has 0 radical (unpaired) electrons. The Bertz CT molecular complexity index is 644. The van der Waals surface area contributed by atoms with Crippen molar-refractivity contribution < 1.29 is 14.6 Å². The number of rotatable bonds is 3. The van der Waals surface area contributed by atoms with Gasteiger partial charge in [0.15, 0.2) is 0 Å². The number of carboxylic acids is 1. The highest BCUT2D eigenvalue weighted by Crippen LogP contribution is 2.27. The van der Waals surface area contributed by atoms with Crippen molar-refractivity contribution in [2.45, 2.75) is 19.4 Å². The SMILES string of the molecule is O=C(O)c1cn(CC2CCOCC2)c2ccc(Cl)cc12. The zero-order chi connectivity index (χ0) is 14.1. The average molecular weight is 294 g/mol. The van der Waals surface area contributed by atoms with Crippen LogP contribution >= 0.6 is 11.6 Å². The third kappa shape index (κ3) is 2.53. The summed E-state index contributed by atoms with van der Waals surface area (Å²) in [6, 6.07) is 5.42. The molecule has 1 fully saturated rings. The van der Waals surface area contributed by atoms with E-state index in [-0.39, 0.29) is 0 Å². The van der Waals surface area contributed by atoms with Crippen LogP contribution in [0.1, 0.15) is 23.2 Å². The van der Waals surface area contributed by atoms with E-state index in [9.17, 15) is 9.90 Å². The highest BCUT2D eigenvalue weighted by Gasteiger charge is 2.19. The molecule has 1 aromatic carbocycles. The molecule has 5 heteroatoms. The van der Waals surface area contributed by atoms with Crippen molar-refractivity contribution >= 4 is 28.5 Å². The number of halogens is 1. The smallest absolute Gasteiger partial charge is 0.337 e. The maximum atomic E-state index is 11.4. The second-order valence-corrected chi connectivity index (χ2v) is 5.65. The van der Waals surface area contributed by atoms with Gasteiger partial charge in [-0.05, 0) is 37.0 Å². The van der Waals surface area contributed by atoms with Gasteiger partial charge in [-0.2, -0.15) is 0 Å². The largest absolute Gasteiger partial charge is 0.478 e. The summed E-state index contributed by atoms with van der Waals surface area (Å²) < 4.78 is 7.40. The molecule has 0 amide bonds. The van der Waals surface area contributed by atoms with E-state index in [4.69, 9.17) is 16.3 Å². The number of carboxylic acid groups (broad SMARTS) is 1. The lowest BCUT2D eigenvalue weighted by Gasteiger charge is -2.22. The summed E-state index contributed by atoms with van der Waals surface area (Å²) in [6.07, 6.45) is 3.77. The van der Waals surface area contributed by atoms with E-state index in [1.807, 2.05) is 10.6 Å². The Hall–Kier alpha value is -1.52. The van der Waals surface area contributed by atoms with Gasteiger partial charge in [0.25, 0.3) is 0 Å². The number of benzene rings is 1. The Morgan fingerprint density at radius 1 is 1.40 bits per heavy atom. The van der Waals surface area contributed by atoms with Crippen LogP contribution in [0.25, 0.3) is 10.9 Å². The first-order valence-corrected chi connectivity index (χ1v) is 7.12. The summed E-state index contributed by atoms with van der Waals surface area (Å²) in [5.41, 5.74) is 1.24. The molecular formula is C15H16ClNO3. The predicted octanol–water partition coefficient (Wildman–Crippen LogP) is 3.42. The molecule has 0 atom stereocenters. The van der Waals surface area contributed by atoms with E-state index in [0.717, 1.165) is 38.1 Å². The average Bonchev–Trinajstić information content (AvgIpc) is 2.78. The number of fused-ring (bicyclic) bond motifs is 1.